The van der Waals surface area contributed by atoms with Crippen LogP contribution in [0, 0.1) is 0 Å². The largest absolute Gasteiger partial charge is 0.412 e. The maximum atomic E-state index is 13.4. The van der Waals surface area contributed by atoms with Gasteiger partial charge in [0.1, 0.15) is 0 Å². The average molecular weight is 928 g/mol. The van der Waals surface area contributed by atoms with Gasteiger partial charge in [0, 0.05) is 34.6 Å². The van der Waals surface area contributed by atoms with E-state index in [4.69, 9.17) is 0 Å². The van der Waals surface area contributed by atoms with E-state index in [0.717, 1.165) is 122 Å². The third-order valence-electron chi connectivity index (χ3n) is 12.0. The van der Waals surface area contributed by atoms with Crippen molar-refractivity contribution in [1.82, 2.24) is 18.6 Å². The molecule has 0 unspecified atom stereocenters. The summed E-state index contributed by atoms with van der Waals surface area (Å²) in [6.07, 6.45) is 19.7. The standard InChI is InChI=1S/2C28H38N2O.2ClH.H2O/c2*1-4-7-12-25-22-26-13-8-9-21-30(26)27(25)28(31)24-16-14-23(15-17-24)11-10-20-29(18-5-2)19-6-3;;;/h2*8-9,13-17,21-22H,4-7,10-12,18-20H2,1-3H3;2*1H;1H2. The van der Waals surface area contributed by atoms with Crippen molar-refractivity contribution in [3.8, 4) is 0 Å². The lowest BCUT2D eigenvalue weighted by molar-refractivity contribution is 0.102. The Morgan fingerprint density at radius 2 is 0.785 bits per heavy atom. The van der Waals surface area contributed by atoms with Gasteiger partial charge in [-0.25, -0.2) is 0 Å². The van der Waals surface area contributed by atoms with Gasteiger partial charge in [-0.2, -0.15) is 0 Å². The summed E-state index contributed by atoms with van der Waals surface area (Å²) in [4.78, 5) is 32.0. The molecule has 0 spiro atoms. The summed E-state index contributed by atoms with van der Waals surface area (Å²) >= 11 is 0. The molecule has 0 radical (unpaired) electrons. The molecule has 0 saturated carbocycles. The van der Waals surface area contributed by atoms with Crippen LogP contribution in [0.15, 0.2) is 109 Å². The molecular formula is C56H80Cl2N4O3. The second-order valence-electron chi connectivity index (χ2n) is 17.2. The number of carbonyl (C=O) groups excluding carboxylic acids is 2. The van der Waals surface area contributed by atoms with Gasteiger partial charge in [0.05, 0.1) is 11.4 Å². The van der Waals surface area contributed by atoms with Crippen LogP contribution in [-0.4, -0.2) is 74.9 Å². The highest BCUT2D eigenvalue weighted by Gasteiger charge is 2.20. The number of rotatable bonds is 26. The molecule has 6 rings (SSSR count). The Hall–Kier alpha value is -4.24. The van der Waals surface area contributed by atoms with Crippen LogP contribution in [0.25, 0.3) is 11.0 Å². The molecule has 2 N–H and O–H groups in total. The van der Waals surface area contributed by atoms with Crippen LogP contribution >= 0.6 is 24.8 Å². The molecule has 0 saturated heterocycles. The molecular weight excluding hydrogens is 848 g/mol. The molecule has 2 aromatic carbocycles. The Bertz CT molecular complexity index is 2070. The smallest absolute Gasteiger partial charge is 0.210 e. The van der Waals surface area contributed by atoms with Gasteiger partial charge >= 0.3 is 0 Å². The summed E-state index contributed by atoms with van der Waals surface area (Å²) in [7, 11) is 0. The van der Waals surface area contributed by atoms with E-state index in [1.807, 2.05) is 60.9 Å². The monoisotopic (exact) mass is 927 g/mol. The van der Waals surface area contributed by atoms with Crippen molar-refractivity contribution < 1.29 is 15.1 Å². The van der Waals surface area contributed by atoms with Crippen LogP contribution in [0.3, 0.4) is 0 Å². The molecule has 9 heteroatoms. The van der Waals surface area contributed by atoms with Crippen LogP contribution in [0.2, 0.25) is 0 Å². The number of benzene rings is 2. The molecule has 0 aliphatic heterocycles. The van der Waals surface area contributed by atoms with E-state index in [0.29, 0.717) is 0 Å². The number of hydrogen-bond acceptors (Lipinski definition) is 4. The fourth-order valence-electron chi connectivity index (χ4n) is 8.85. The van der Waals surface area contributed by atoms with Crippen molar-refractivity contribution in [1.29, 1.82) is 0 Å². The van der Waals surface area contributed by atoms with E-state index < -0.39 is 0 Å². The Labute approximate surface area is 404 Å². The van der Waals surface area contributed by atoms with Crippen molar-refractivity contribution in [2.75, 3.05) is 39.3 Å². The number of aryl methyl sites for hydroxylation is 4. The first-order valence-electron chi connectivity index (χ1n) is 24.2. The topological polar surface area (TPSA) is 80.9 Å². The lowest BCUT2D eigenvalue weighted by Crippen LogP contribution is -2.26. The fraction of sp³-hybridized carbons (Fsp3) is 0.464. The highest BCUT2D eigenvalue weighted by molar-refractivity contribution is 6.10. The van der Waals surface area contributed by atoms with Gasteiger partial charge < -0.3 is 24.1 Å². The number of aromatic nitrogens is 2. The fourth-order valence-corrected chi connectivity index (χ4v) is 8.85. The minimum atomic E-state index is 0. The molecule has 0 aliphatic rings. The number of carbonyl (C=O) groups is 2. The van der Waals surface area contributed by atoms with Crippen LogP contribution in [0.4, 0.5) is 0 Å². The molecule has 65 heavy (non-hydrogen) atoms. The number of unbranched alkanes of at least 4 members (excludes halogenated alkanes) is 2. The molecule has 4 heterocycles. The third kappa shape index (κ3) is 16.5. The van der Waals surface area contributed by atoms with Gasteiger partial charge in [0.2, 0.25) is 11.6 Å². The number of nitrogens with zero attached hydrogens (tertiary/aromatic N) is 4. The van der Waals surface area contributed by atoms with E-state index in [1.165, 1.54) is 63.0 Å². The predicted octanol–water partition coefficient (Wildman–Crippen LogP) is 13.2. The minimum absolute atomic E-state index is 0. The van der Waals surface area contributed by atoms with Gasteiger partial charge in [-0.15, -0.1) is 24.8 Å². The van der Waals surface area contributed by atoms with Gasteiger partial charge in [-0.3, -0.25) is 9.59 Å². The van der Waals surface area contributed by atoms with Gasteiger partial charge in [-0.1, -0.05) is 115 Å². The van der Waals surface area contributed by atoms with Crippen molar-refractivity contribution in [3.63, 3.8) is 0 Å². The van der Waals surface area contributed by atoms with Gasteiger partial charge in [0.15, 0.2) is 0 Å². The predicted molar refractivity (Wildman–Crippen MR) is 281 cm³/mol. The average Bonchev–Trinajstić information content (AvgIpc) is 3.86. The summed E-state index contributed by atoms with van der Waals surface area (Å²) in [6.45, 7) is 20.4. The third-order valence-corrected chi connectivity index (χ3v) is 12.0. The number of ketones is 2. The van der Waals surface area contributed by atoms with Crippen molar-refractivity contribution in [2.24, 2.45) is 0 Å². The number of hydrogen-bond donors (Lipinski definition) is 0. The number of halogens is 2. The lowest BCUT2D eigenvalue weighted by atomic mass is 10.00. The molecule has 0 bridgehead atoms. The quantitative estimate of drug-likeness (QED) is 0.0508. The second-order valence-corrected chi connectivity index (χ2v) is 17.2. The van der Waals surface area contributed by atoms with Crippen LogP contribution in [0.1, 0.15) is 160 Å². The summed E-state index contributed by atoms with van der Waals surface area (Å²) in [5.74, 6) is 0.252. The zero-order chi connectivity index (χ0) is 44.1. The van der Waals surface area contributed by atoms with Gasteiger partial charge in [-0.05, 0) is 175 Å². The molecule has 6 aromatic rings. The Kier molecular flexibility index (Phi) is 27.0. The Morgan fingerprint density at radius 1 is 0.431 bits per heavy atom. The van der Waals surface area contributed by atoms with Crippen LogP contribution < -0.4 is 0 Å². The Morgan fingerprint density at radius 3 is 1.11 bits per heavy atom. The van der Waals surface area contributed by atoms with Crippen LogP contribution in [0.5, 0.6) is 0 Å². The molecule has 0 aliphatic carbocycles. The maximum absolute atomic E-state index is 13.4. The highest BCUT2D eigenvalue weighted by Crippen LogP contribution is 2.24. The summed E-state index contributed by atoms with van der Waals surface area (Å²) in [5.41, 5.74) is 10.4. The first kappa shape index (κ1) is 56.9. The molecule has 0 fully saturated rings. The summed E-state index contributed by atoms with van der Waals surface area (Å²) in [5, 5.41) is 0. The van der Waals surface area contributed by atoms with Crippen LogP contribution in [-0.2, 0) is 25.7 Å². The zero-order valence-electron chi connectivity index (χ0n) is 40.5. The van der Waals surface area contributed by atoms with E-state index in [-0.39, 0.29) is 41.9 Å². The SMILES string of the molecule is CCCCc1cc2ccccn2c1C(=O)c1ccc(CCCN(CCC)CCC)cc1.CCCCc1cc2ccccn2c1C(=O)c1ccc(CCCN(CCC)CCC)cc1.Cl.Cl.O. The lowest BCUT2D eigenvalue weighted by Gasteiger charge is -2.20. The molecule has 0 atom stereocenters. The van der Waals surface area contributed by atoms with E-state index in [1.54, 1.807) is 0 Å². The molecule has 0 amide bonds. The van der Waals surface area contributed by atoms with E-state index in [2.05, 4.69) is 109 Å². The molecule has 4 aromatic heterocycles. The maximum Gasteiger partial charge on any atom is 0.210 e. The molecule has 7 nitrogen and oxygen atoms in total. The first-order valence-corrected chi connectivity index (χ1v) is 24.2. The molecule has 356 valence electrons. The Balaban J connectivity index is 0.000000427. The van der Waals surface area contributed by atoms with Crippen molar-refractivity contribution >= 4 is 47.4 Å². The first-order chi connectivity index (χ1) is 30.3. The van der Waals surface area contributed by atoms with E-state index >= 15 is 0 Å². The number of pyridine rings is 2. The van der Waals surface area contributed by atoms with Gasteiger partial charge in [0.25, 0.3) is 0 Å². The number of fused-ring (bicyclic) bond motifs is 2. The van der Waals surface area contributed by atoms with Crippen molar-refractivity contribution in [3.05, 3.63) is 154 Å². The second kappa shape index (κ2) is 30.9. The normalized spacial score (nSPS) is 11.0. The zero-order valence-corrected chi connectivity index (χ0v) is 42.1. The highest BCUT2D eigenvalue weighted by atomic mass is 35.5. The summed E-state index contributed by atoms with van der Waals surface area (Å²) in [6, 6.07) is 33.2. The van der Waals surface area contributed by atoms with E-state index in [9.17, 15) is 9.59 Å². The van der Waals surface area contributed by atoms with Crippen molar-refractivity contribution in [2.45, 2.75) is 131 Å². The summed E-state index contributed by atoms with van der Waals surface area (Å²) < 4.78 is 4.11. The minimum Gasteiger partial charge on any atom is -0.412 e.